The van der Waals surface area contributed by atoms with Crippen molar-refractivity contribution in [3.8, 4) is 28.4 Å². The Morgan fingerprint density at radius 3 is 2.39 bits per heavy atom. The summed E-state index contributed by atoms with van der Waals surface area (Å²) in [5, 5.41) is 19.9. The average Bonchev–Trinajstić information content (AvgIpc) is 3.28. The summed E-state index contributed by atoms with van der Waals surface area (Å²) >= 11 is 0. The molecule has 166 valence electrons. The molecule has 1 N–H and O–H groups in total. The van der Waals surface area contributed by atoms with Gasteiger partial charge in [-0.1, -0.05) is 18.2 Å². The SMILES string of the molecule is COc1ccc(-c2nn(-c3ccccc3)cc2/C=N/Nc2ccc([N+](=O)[O-])cc2)cc1OC. The van der Waals surface area contributed by atoms with Crippen molar-refractivity contribution < 1.29 is 14.4 Å². The number of nitro groups is 1. The normalized spacial score (nSPS) is 10.8. The van der Waals surface area contributed by atoms with Crippen LogP contribution in [0, 0.1) is 10.1 Å². The second-order valence-corrected chi connectivity index (χ2v) is 6.96. The summed E-state index contributed by atoms with van der Waals surface area (Å²) < 4.78 is 12.6. The maximum atomic E-state index is 10.8. The predicted octanol–water partition coefficient (Wildman–Crippen LogP) is 4.91. The van der Waals surface area contributed by atoms with Gasteiger partial charge in [-0.2, -0.15) is 10.2 Å². The van der Waals surface area contributed by atoms with Crippen molar-refractivity contribution in [1.29, 1.82) is 0 Å². The largest absolute Gasteiger partial charge is 0.493 e. The number of rotatable bonds is 8. The molecule has 1 heterocycles. The molecule has 0 aliphatic rings. The van der Waals surface area contributed by atoms with E-state index in [1.807, 2.05) is 54.7 Å². The number of benzene rings is 3. The second kappa shape index (κ2) is 9.65. The van der Waals surface area contributed by atoms with Crippen LogP contribution in [0.15, 0.2) is 84.1 Å². The van der Waals surface area contributed by atoms with E-state index < -0.39 is 4.92 Å². The summed E-state index contributed by atoms with van der Waals surface area (Å²) in [5.74, 6) is 1.22. The zero-order valence-electron chi connectivity index (χ0n) is 18.0. The molecule has 4 rings (SSSR count). The summed E-state index contributed by atoms with van der Waals surface area (Å²) in [5.41, 5.74) is 6.74. The molecule has 9 heteroatoms. The van der Waals surface area contributed by atoms with Crippen LogP contribution < -0.4 is 14.9 Å². The quantitative estimate of drug-likeness (QED) is 0.236. The third-order valence-electron chi connectivity index (χ3n) is 4.90. The molecule has 0 fully saturated rings. The fourth-order valence-corrected chi connectivity index (χ4v) is 3.24. The van der Waals surface area contributed by atoms with E-state index in [2.05, 4.69) is 10.5 Å². The number of nitro benzene ring substituents is 1. The number of hydrogen-bond acceptors (Lipinski definition) is 7. The molecule has 0 amide bonds. The maximum absolute atomic E-state index is 10.8. The van der Waals surface area contributed by atoms with Gasteiger partial charge in [-0.3, -0.25) is 15.5 Å². The molecule has 3 aromatic carbocycles. The van der Waals surface area contributed by atoms with Gasteiger partial charge in [0.1, 0.15) is 5.69 Å². The van der Waals surface area contributed by atoms with Crippen LogP contribution in [0.25, 0.3) is 16.9 Å². The van der Waals surface area contributed by atoms with Crippen molar-refractivity contribution in [3.63, 3.8) is 0 Å². The van der Waals surface area contributed by atoms with Crippen LogP contribution in [-0.2, 0) is 0 Å². The van der Waals surface area contributed by atoms with E-state index in [0.29, 0.717) is 22.9 Å². The lowest BCUT2D eigenvalue weighted by Crippen LogP contribution is -1.95. The van der Waals surface area contributed by atoms with Crippen molar-refractivity contribution in [1.82, 2.24) is 9.78 Å². The Morgan fingerprint density at radius 1 is 1.00 bits per heavy atom. The Labute approximate surface area is 190 Å². The van der Waals surface area contributed by atoms with E-state index >= 15 is 0 Å². The molecule has 0 saturated carbocycles. The van der Waals surface area contributed by atoms with Crippen molar-refractivity contribution >= 4 is 17.6 Å². The van der Waals surface area contributed by atoms with Crippen LogP contribution >= 0.6 is 0 Å². The molecule has 4 aromatic rings. The van der Waals surface area contributed by atoms with Gasteiger partial charge in [-0.15, -0.1) is 0 Å². The standard InChI is InChI=1S/C24H21N5O4/c1-32-22-13-8-17(14-23(22)33-2)24-18(16-28(27-24)20-6-4-3-5-7-20)15-25-26-19-9-11-21(12-10-19)29(30)31/h3-16,26H,1-2H3/b25-15+. The Kier molecular flexibility index (Phi) is 6.31. The summed E-state index contributed by atoms with van der Waals surface area (Å²) in [6.07, 6.45) is 3.53. The van der Waals surface area contributed by atoms with Gasteiger partial charge in [0.15, 0.2) is 11.5 Å². The number of non-ortho nitro benzene ring substituents is 1. The highest BCUT2D eigenvalue weighted by molar-refractivity contribution is 5.89. The lowest BCUT2D eigenvalue weighted by Gasteiger charge is -2.09. The third-order valence-corrected chi connectivity index (χ3v) is 4.90. The molecule has 9 nitrogen and oxygen atoms in total. The van der Waals surface area contributed by atoms with Gasteiger partial charge < -0.3 is 9.47 Å². The minimum atomic E-state index is -0.444. The average molecular weight is 443 g/mol. The number of methoxy groups -OCH3 is 2. The van der Waals surface area contributed by atoms with Crippen LogP contribution in [0.5, 0.6) is 11.5 Å². The zero-order chi connectivity index (χ0) is 23.2. The highest BCUT2D eigenvalue weighted by Gasteiger charge is 2.14. The zero-order valence-corrected chi connectivity index (χ0v) is 18.0. The molecule has 0 bridgehead atoms. The first-order valence-electron chi connectivity index (χ1n) is 10.00. The Balaban J connectivity index is 1.68. The minimum Gasteiger partial charge on any atom is -0.493 e. The molecule has 33 heavy (non-hydrogen) atoms. The van der Waals surface area contributed by atoms with E-state index in [1.54, 1.807) is 37.2 Å². The Bertz CT molecular complexity index is 1280. The van der Waals surface area contributed by atoms with Gasteiger partial charge in [-0.25, -0.2) is 4.68 Å². The van der Waals surface area contributed by atoms with Crippen LogP contribution in [0.3, 0.4) is 0 Å². The molecule has 1 aromatic heterocycles. The van der Waals surface area contributed by atoms with Crippen LogP contribution in [0.1, 0.15) is 5.56 Å². The van der Waals surface area contributed by atoms with Crippen LogP contribution in [0.2, 0.25) is 0 Å². The van der Waals surface area contributed by atoms with E-state index in [1.165, 1.54) is 12.1 Å². The smallest absolute Gasteiger partial charge is 0.269 e. The molecule has 0 atom stereocenters. The Morgan fingerprint density at radius 2 is 1.73 bits per heavy atom. The predicted molar refractivity (Wildman–Crippen MR) is 126 cm³/mol. The third kappa shape index (κ3) is 4.82. The lowest BCUT2D eigenvalue weighted by atomic mass is 10.1. The summed E-state index contributed by atoms with van der Waals surface area (Å²) in [7, 11) is 3.17. The highest BCUT2D eigenvalue weighted by Crippen LogP contribution is 2.33. The number of nitrogens with zero attached hydrogens (tertiary/aromatic N) is 4. The lowest BCUT2D eigenvalue weighted by molar-refractivity contribution is -0.384. The first-order valence-corrected chi connectivity index (χ1v) is 10.00. The first-order chi connectivity index (χ1) is 16.1. The first kappa shape index (κ1) is 21.6. The minimum absolute atomic E-state index is 0.0180. The number of aromatic nitrogens is 2. The van der Waals surface area contributed by atoms with Gasteiger partial charge in [0.25, 0.3) is 5.69 Å². The topological polar surface area (TPSA) is 104 Å². The van der Waals surface area contributed by atoms with Gasteiger partial charge in [-0.05, 0) is 42.5 Å². The van der Waals surface area contributed by atoms with Gasteiger partial charge in [0.2, 0.25) is 0 Å². The molecule has 0 aliphatic heterocycles. The fourth-order valence-electron chi connectivity index (χ4n) is 3.24. The molecule has 0 radical (unpaired) electrons. The number of nitrogens with one attached hydrogen (secondary N) is 1. The van der Waals surface area contributed by atoms with E-state index in [9.17, 15) is 10.1 Å². The summed E-state index contributed by atoms with van der Waals surface area (Å²) in [6.45, 7) is 0. The number of hydrogen-bond donors (Lipinski definition) is 1. The number of anilines is 1. The highest BCUT2D eigenvalue weighted by atomic mass is 16.6. The monoisotopic (exact) mass is 443 g/mol. The van der Waals surface area contributed by atoms with Crippen LogP contribution in [0.4, 0.5) is 11.4 Å². The molecular formula is C24H21N5O4. The van der Waals surface area contributed by atoms with Gasteiger partial charge in [0.05, 0.1) is 36.7 Å². The van der Waals surface area contributed by atoms with Crippen LogP contribution in [-0.4, -0.2) is 35.1 Å². The van der Waals surface area contributed by atoms with E-state index in [-0.39, 0.29) is 5.69 Å². The summed E-state index contributed by atoms with van der Waals surface area (Å²) in [4.78, 5) is 10.4. The maximum Gasteiger partial charge on any atom is 0.269 e. The van der Waals surface area contributed by atoms with Gasteiger partial charge in [0, 0.05) is 29.5 Å². The van der Waals surface area contributed by atoms with E-state index in [4.69, 9.17) is 14.6 Å². The van der Waals surface area contributed by atoms with Crippen molar-refractivity contribution in [2.45, 2.75) is 0 Å². The van der Waals surface area contributed by atoms with Crippen molar-refractivity contribution in [2.75, 3.05) is 19.6 Å². The second-order valence-electron chi connectivity index (χ2n) is 6.96. The van der Waals surface area contributed by atoms with E-state index in [0.717, 1.165) is 16.8 Å². The van der Waals surface area contributed by atoms with Crippen molar-refractivity contribution in [2.24, 2.45) is 5.10 Å². The number of ether oxygens (including phenoxy) is 2. The Hall–Kier alpha value is -4.66. The molecule has 0 spiro atoms. The van der Waals surface area contributed by atoms with Gasteiger partial charge >= 0.3 is 0 Å². The van der Waals surface area contributed by atoms with Crippen molar-refractivity contribution in [3.05, 3.63) is 94.7 Å². The fraction of sp³-hybridized carbons (Fsp3) is 0.0833. The molecular weight excluding hydrogens is 422 g/mol. The number of hydrazone groups is 1. The number of para-hydroxylation sites is 1. The molecule has 0 unspecified atom stereocenters. The molecule has 0 saturated heterocycles. The molecule has 0 aliphatic carbocycles. The summed E-state index contributed by atoms with van der Waals surface area (Å²) in [6, 6.07) is 21.4.